The van der Waals surface area contributed by atoms with Gasteiger partial charge in [0.15, 0.2) is 0 Å². The van der Waals surface area contributed by atoms with Crippen LogP contribution in [-0.2, 0) is 15.0 Å². The Morgan fingerprint density at radius 3 is 1.97 bits per heavy atom. The maximum Gasteiger partial charge on any atom is 0.239 e. The zero-order valence-corrected chi connectivity index (χ0v) is 16.8. The Labute approximate surface area is 178 Å². The van der Waals surface area contributed by atoms with Crippen LogP contribution in [0, 0.1) is 17.7 Å². The van der Waals surface area contributed by atoms with Gasteiger partial charge in [-0.25, -0.2) is 9.29 Å². The molecular formula is C26H20FNO3. The number of aliphatic hydroxyl groups is 1. The van der Waals surface area contributed by atoms with E-state index in [0.29, 0.717) is 5.69 Å². The number of imide groups is 1. The third-order valence-electron chi connectivity index (χ3n) is 7.43. The first-order chi connectivity index (χ1) is 15.0. The molecule has 0 radical (unpaired) electrons. The first kappa shape index (κ1) is 18.5. The first-order valence-electron chi connectivity index (χ1n) is 10.5. The Kier molecular flexibility index (Phi) is 3.64. The molecule has 3 aromatic rings. The number of carbonyl (C=O) groups is 2. The molecule has 1 heterocycles. The van der Waals surface area contributed by atoms with Crippen molar-refractivity contribution in [3.63, 3.8) is 0 Å². The van der Waals surface area contributed by atoms with E-state index in [1.165, 1.54) is 29.2 Å². The number of aliphatic hydroxyl groups excluding tert-OH is 1. The van der Waals surface area contributed by atoms with E-state index in [9.17, 15) is 19.1 Å². The number of benzene rings is 3. The van der Waals surface area contributed by atoms with Crippen LogP contribution in [0.15, 0.2) is 72.8 Å². The van der Waals surface area contributed by atoms with Gasteiger partial charge >= 0.3 is 0 Å². The van der Waals surface area contributed by atoms with E-state index in [2.05, 4.69) is 0 Å². The monoisotopic (exact) mass is 413 g/mol. The molecule has 0 saturated carbocycles. The standard InChI is InChI=1S/C26H20FNO3/c1-14(29)26-19-8-4-2-6-17(19)21(18-7-3-5-9-20(18)26)22-23(26)25(31)28(24(22)30)16-12-10-15(27)11-13-16/h2-14,21-23,29H,1H3/t14-,21?,22+,23+,26?/m0/s1. The van der Waals surface area contributed by atoms with Gasteiger partial charge in [0.05, 0.1) is 29.0 Å². The summed E-state index contributed by atoms with van der Waals surface area (Å²) in [6.45, 7) is 1.70. The highest BCUT2D eigenvalue weighted by molar-refractivity contribution is 6.23. The van der Waals surface area contributed by atoms with Gasteiger partial charge in [0.1, 0.15) is 5.82 Å². The molecule has 4 aliphatic rings. The average Bonchev–Trinajstić information content (AvgIpc) is 3.05. The largest absolute Gasteiger partial charge is 0.392 e. The van der Waals surface area contributed by atoms with Gasteiger partial charge in [0, 0.05) is 5.92 Å². The van der Waals surface area contributed by atoms with Crippen LogP contribution in [0.4, 0.5) is 10.1 Å². The Morgan fingerprint density at radius 2 is 1.42 bits per heavy atom. The van der Waals surface area contributed by atoms with Gasteiger partial charge in [-0.3, -0.25) is 9.59 Å². The molecule has 3 aromatic carbocycles. The lowest BCUT2D eigenvalue weighted by atomic mass is 9.46. The fourth-order valence-electron chi connectivity index (χ4n) is 6.38. The van der Waals surface area contributed by atoms with E-state index in [4.69, 9.17) is 0 Å². The zero-order valence-electron chi connectivity index (χ0n) is 16.8. The molecule has 1 fully saturated rings. The number of nitrogens with zero attached hydrogens (tertiary/aromatic N) is 1. The quantitative estimate of drug-likeness (QED) is 0.651. The predicted molar refractivity (Wildman–Crippen MR) is 113 cm³/mol. The van der Waals surface area contributed by atoms with Crippen LogP contribution in [0.3, 0.4) is 0 Å². The lowest BCUT2D eigenvalue weighted by Gasteiger charge is -2.55. The molecule has 5 heteroatoms. The third kappa shape index (κ3) is 2.07. The van der Waals surface area contributed by atoms with Gasteiger partial charge in [-0.2, -0.15) is 0 Å². The summed E-state index contributed by atoms with van der Waals surface area (Å²) in [6.07, 6.45) is -0.895. The second kappa shape index (κ2) is 6.11. The molecule has 7 rings (SSSR count). The van der Waals surface area contributed by atoms with Gasteiger partial charge in [0.25, 0.3) is 0 Å². The van der Waals surface area contributed by atoms with Gasteiger partial charge in [0.2, 0.25) is 11.8 Å². The second-order valence-corrected chi connectivity index (χ2v) is 8.69. The van der Waals surface area contributed by atoms with E-state index >= 15 is 0 Å². The molecule has 1 N–H and O–H groups in total. The van der Waals surface area contributed by atoms with Crippen LogP contribution in [0.5, 0.6) is 0 Å². The molecule has 3 atom stereocenters. The fourth-order valence-corrected chi connectivity index (χ4v) is 6.38. The maximum atomic E-state index is 13.9. The molecular weight excluding hydrogens is 393 g/mol. The van der Waals surface area contributed by atoms with E-state index in [1.807, 2.05) is 48.5 Å². The zero-order chi connectivity index (χ0) is 21.5. The Balaban J connectivity index is 1.66. The van der Waals surface area contributed by atoms with Gasteiger partial charge in [-0.05, 0) is 53.4 Å². The highest BCUT2D eigenvalue weighted by Crippen LogP contribution is 2.65. The summed E-state index contributed by atoms with van der Waals surface area (Å²) in [7, 11) is 0. The SMILES string of the molecule is C[C@H](O)C12c3ccccc3C(c3ccccc31)[C@H]1C(=O)N(c3ccc(F)cc3)C(=O)[C@@H]12. The highest BCUT2D eigenvalue weighted by Gasteiger charge is 2.69. The van der Waals surface area contributed by atoms with Crippen molar-refractivity contribution >= 4 is 17.5 Å². The lowest BCUT2D eigenvalue weighted by molar-refractivity contribution is -0.126. The summed E-state index contributed by atoms with van der Waals surface area (Å²) in [5.41, 5.74) is 3.15. The number of anilines is 1. The van der Waals surface area contributed by atoms with Crippen molar-refractivity contribution in [2.24, 2.45) is 11.8 Å². The topological polar surface area (TPSA) is 57.6 Å². The predicted octanol–water partition coefficient (Wildman–Crippen LogP) is 3.76. The highest BCUT2D eigenvalue weighted by atomic mass is 19.1. The lowest BCUT2D eigenvalue weighted by Crippen LogP contribution is -2.58. The summed E-state index contributed by atoms with van der Waals surface area (Å²) in [4.78, 5) is 28.8. The molecule has 1 saturated heterocycles. The first-order valence-corrected chi connectivity index (χ1v) is 10.5. The molecule has 0 aromatic heterocycles. The van der Waals surface area contributed by atoms with Crippen LogP contribution < -0.4 is 4.90 Å². The maximum absolute atomic E-state index is 13.9. The smallest absolute Gasteiger partial charge is 0.239 e. The second-order valence-electron chi connectivity index (χ2n) is 8.69. The molecule has 0 unspecified atom stereocenters. The van der Waals surface area contributed by atoms with Gasteiger partial charge < -0.3 is 5.11 Å². The van der Waals surface area contributed by atoms with E-state index in [0.717, 1.165) is 22.3 Å². The molecule has 31 heavy (non-hydrogen) atoms. The summed E-state index contributed by atoms with van der Waals surface area (Å²) in [6, 6.07) is 21.1. The summed E-state index contributed by atoms with van der Waals surface area (Å²) in [5, 5.41) is 11.3. The van der Waals surface area contributed by atoms with Gasteiger partial charge in [-0.1, -0.05) is 48.5 Å². The number of halogens is 1. The van der Waals surface area contributed by atoms with Crippen molar-refractivity contribution in [2.45, 2.75) is 24.4 Å². The third-order valence-corrected chi connectivity index (χ3v) is 7.43. The molecule has 4 nitrogen and oxygen atoms in total. The number of carbonyl (C=O) groups excluding carboxylic acids is 2. The number of hydrogen-bond donors (Lipinski definition) is 1. The van der Waals surface area contributed by atoms with Crippen molar-refractivity contribution in [3.05, 3.63) is 101 Å². The van der Waals surface area contributed by atoms with E-state index < -0.39 is 29.2 Å². The number of hydrogen-bond acceptors (Lipinski definition) is 3. The minimum atomic E-state index is -1.02. The van der Waals surface area contributed by atoms with Crippen molar-refractivity contribution in [1.29, 1.82) is 0 Å². The van der Waals surface area contributed by atoms with Crippen LogP contribution in [-0.4, -0.2) is 23.0 Å². The normalized spacial score (nSPS) is 28.9. The summed E-state index contributed by atoms with van der Waals surface area (Å²) in [5.74, 6) is -2.66. The molecule has 2 bridgehead atoms. The van der Waals surface area contributed by atoms with Crippen LogP contribution in [0.1, 0.15) is 35.1 Å². The minimum absolute atomic E-state index is 0.264. The van der Waals surface area contributed by atoms with Crippen molar-refractivity contribution in [3.8, 4) is 0 Å². The van der Waals surface area contributed by atoms with Crippen LogP contribution >= 0.6 is 0 Å². The minimum Gasteiger partial charge on any atom is -0.392 e. The number of rotatable bonds is 2. The van der Waals surface area contributed by atoms with Gasteiger partial charge in [-0.15, -0.1) is 0 Å². The fraction of sp³-hybridized carbons (Fsp3) is 0.231. The van der Waals surface area contributed by atoms with Crippen LogP contribution in [0.2, 0.25) is 0 Å². The molecule has 154 valence electrons. The average molecular weight is 413 g/mol. The van der Waals surface area contributed by atoms with E-state index in [1.54, 1.807) is 6.92 Å². The van der Waals surface area contributed by atoms with Crippen molar-refractivity contribution < 1.29 is 19.1 Å². The number of amides is 2. The molecule has 2 amide bonds. The molecule has 3 aliphatic carbocycles. The van der Waals surface area contributed by atoms with Crippen molar-refractivity contribution in [1.82, 2.24) is 0 Å². The summed E-state index contributed by atoms with van der Waals surface area (Å²) < 4.78 is 13.5. The van der Waals surface area contributed by atoms with E-state index in [-0.39, 0.29) is 17.7 Å². The Bertz CT molecular complexity index is 1200. The summed E-state index contributed by atoms with van der Waals surface area (Å²) >= 11 is 0. The molecule has 1 aliphatic heterocycles. The Hall–Kier alpha value is -3.31. The molecule has 0 spiro atoms. The Morgan fingerprint density at radius 1 is 0.871 bits per heavy atom. The van der Waals surface area contributed by atoms with Crippen molar-refractivity contribution in [2.75, 3.05) is 4.90 Å². The van der Waals surface area contributed by atoms with Crippen LogP contribution in [0.25, 0.3) is 0 Å².